The van der Waals surface area contributed by atoms with Crippen LogP contribution in [0.25, 0.3) is 10.1 Å². The third-order valence-electron chi connectivity index (χ3n) is 3.34. The molecule has 1 fully saturated rings. The summed E-state index contributed by atoms with van der Waals surface area (Å²) in [6, 6.07) is 3.56. The van der Waals surface area contributed by atoms with Crippen LogP contribution in [-0.4, -0.2) is 34.8 Å². The lowest BCUT2D eigenvalue weighted by Crippen LogP contribution is -2.48. The van der Waals surface area contributed by atoms with Crippen molar-refractivity contribution in [3.8, 4) is 0 Å². The van der Waals surface area contributed by atoms with Crippen molar-refractivity contribution in [2.45, 2.75) is 18.9 Å². The molecule has 2 aromatic rings. The van der Waals surface area contributed by atoms with Crippen molar-refractivity contribution in [2.24, 2.45) is 0 Å². The number of likely N-dealkylation sites (N-methyl/N-ethyl adjacent to an activating group) is 1. The summed E-state index contributed by atoms with van der Waals surface area (Å²) in [6.07, 6.45) is 2.63. The molecule has 0 spiro atoms. The molecule has 98 valence electrons. The van der Waals surface area contributed by atoms with Crippen LogP contribution in [0.5, 0.6) is 0 Å². The third-order valence-corrected chi connectivity index (χ3v) is 4.22. The van der Waals surface area contributed by atoms with Crippen LogP contribution in [0.3, 0.4) is 0 Å². The molecule has 19 heavy (non-hydrogen) atoms. The second-order valence-corrected chi connectivity index (χ2v) is 5.47. The van der Waals surface area contributed by atoms with Crippen molar-refractivity contribution in [1.82, 2.24) is 9.88 Å². The van der Waals surface area contributed by atoms with Gasteiger partial charge in [0.2, 0.25) is 5.91 Å². The predicted molar refractivity (Wildman–Crippen MR) is 74.0 cm³/mol. The maximum absolute atomic E-state index is 12.0. The van der Waals surface area contributed by atoms with Crippen LogP contribution in [0.15, 0.2) is 23.7 Å². The quantitative estimate of drug-likeness (QED) is 0.850. The smallest absolute Gasteiger partial charge is 0.251 e. The lowest BCUT2D eigenvalue weighted by Gasteiger charge is -2.28. The van der Waals surface area contributed by atoms with E-state index in [-0.39, 0.29) is 17.9 Å². The van der Waals surface area contributed by atoms with Gasteiger partial charge in [-0.3, -0.25) is 14.5 Å². The molecule has 0 saturated carbocycles. The molecular weight excluding hydrogens is 262 g/mol. The fourth-order valence-electron chi connectivity index (χ4n) is 2.22. The Labute approximate surface area is 114 Å². The molecule has 6 heteroatoms. The summed E-state index contributed by atoms with van der Waals surface area (Å²) in [5.41, 5.74) is 0. The van der Waals surface area contributed by atoms with Crippen molar-refractivity contribution < 1.29 is 9.59 Å². The number of carbonyl (C=O) groups excluding carboxylic acids is 2. The minimum atomic E-state index is -0.374. The molecule has 1 aliphatic heterocycles. The number of pyridine rings is 1. The van der Waals surface area contributed by atoms with Crippen molar-refractivity contribution in [2.75, 3.05) is 12.4 Å². The SMILES string of the molecule is CN1C(=O)CCC(Nc2nccc3sccc23)C1=O. The van der Waals surface area contributed by atoms with Gasteiger partial charge >= 0.3 is 0 Å². The largest absolute Gasteiger partial charge is 0.358 e. The predicted octanol–water partition coefficient (Wildman–Crippen LogP) is 1.86. The van der Waals surface area contributed by atoms with E-state index in [1.165, 1.54) is 11.9 Å². The Bertz CT molecular complexity index is 652. The van der Waals surface area contributed by atoms with Gasteiger partial charge in [0, 0.05) is 29.8 Å². The van der Waals surface area contributed by atoms with E-state index in [4.69, 9.17) is 0 Å². The molecule has 3 rings (SSSR count). The monoisotopic (exact) mass is 275 g/mol. The number of rotatable bonds is 2. The van der Waals surface area contributed by atoms with Crippen molar-refractivity contribution in [3.63, 3.8) is 0 Å². The maximum Gasteiger partial charge on any atom is 0.251 e. The summed E-state index contributed by atoms with van der Waals surface area (Å²) in [4.78, 5) is 28.9. The summed E-state index contributed by atoms with van der Waals surface area (Å²) in [5, 5.41) is 6.17. The van der Waals surface area contributed by atoms with Crippen molar-refractivity contribution >= 4 is 39.1 Å². The van der Waals surface area contributed by atoms with Crippen molar-refractivity contribution in [3.05, 3.63) is 23.7 Å². The van der Waals surface area contributed by atoms with Gasteiger partial charge in [0.25, 0.3) is 5.91 Å². The number of nitrogens with one attached hydrogen (secondary N) is 1. The number of hydrogen-bond acceptors (Lipinski definition) is 5. The Morgan fingerprint density at radius 3 is 3.11 bits per heavy atom. The van der Waals surface area contributed by atoms with E-state index in [2.05, 4.69) is 10.3 Å². The second-order valence-electron chi connectivity index (χ2n) is 4.52. The molecule has 0 aromatic carbocycles. The first-order valence-corrected chi connectivity index (χ1v) is 6.94. The third kappa shape index (κ3) is 2.08. The number of likely N-dealkylation sites (tertiary alicyclic amines) is 1. The lowest BCUT2D eigenvalue weighted by atomic mass is 10.0. The van der Waals surface area contributed by atoms with E-state index in [1.54, 1.807) is 17.5 Å². The van der Waals surface area contributed by atoms with Crippen LogP contribution in [0.1, 0.15) is 12.8 Å². The minimum Gasteiger partial charge on any atom is -0.358 e. The second kappa shape index (κ2) is 4.62. The van der Waals surface area contributed by atoms with Gasteiger partial charge in [-0.25, -0.2) is 4.98 Å². The lowest BCUT2D eigenvalue weighted by molar-refractivity contribution is -0.146. The van der Waals surface area contributed by atoms with Gasteiger partial charge in [-0.2, -0.15) is 0 Å². The van der Waals surface area contributed by atoms with Crippen LogP contribution in [-0.2, 0) is 9.59 Å². The zero-order chi connectivity index (χ0) is 13.4. The highest BCUT2D eigenvalue weighted by Crippen LogP contribution is 2.27. The molecule has 1 atom stereocenters. The average Bonchev–Trinajstić information content (AvgIpc) is 2.89. The molecule has 0 aliphatic carbocycles. The average molecular weight is 275 g/mol. The Morgan fingerprint density at radius 2 is 2.26 bits per heavy atom. The highest BCUT2D eigenvalue weighted by Gasteiger charge is 2.32. The Kier molecular flexibility index (Phi) is 2.94. The number of amides is 2. The van der Waals surface area contributed by atoms with Gasteiger partial charge in [0.15, 0.2) is 0 Å². The first kappa shape index (κ1) is 12.1. The zero-order valence-corrected chi connectivity index (χ0v) is 11.2. The molecule has 3 heterocycles. The van der Waals surface area contributed by atoms with Crippen LogP contribution in [0.2, 0.25) is 0 Å². The summed E-state index contributed by atoms with van der Waals surface area (Å²) >= 11 is 1.64. The summed E-state index contributed by atoms with van der Waals surface area (Å²) in [7, 11) is 1.52. The highest BCUT2D eigenvalue weighted by atomic mass is 32.1. The van der Waals surface area contributed by atoms with E-state index >= 15 is 0 Å². The van der Waals surface area contributed by atoms with Crippen LogP contribution in [0.4, 0.5) is 5.82 Å². The van der Waals surface area contributed by atoms with E-state index in [0.717, 1.165) is 10.1 Å². The fraction of sp³-hybridized carbons (Fsp3) is 0.308. The molecule has 0 radical (unpaired) electrons. The number of thiophene rings is 1. The number of imide groups is 1. The van der Waals surface area contributed by atoms with Crippen molar-refractivity contribution in [1.29, 1.82) is 0 Å². The summed E-state index contributed by atoms with van der Waals surface area (Å²) in [5.74, 6) is 0.398. The van der Waals surface area contributed by atoms with Gasteiger partial charge in [-0.15, -0.1) is 11.3 Å². The first-order chi connectivity index (χ1) is 9.16. The van der Waals surface area contributed by atoms with E-state index in [9.17, 15) is 9.59 Å². The number of aromatic nitrogens is 1. The normalized spacial score (nSPS) is 20.1. The molecule has 5 nitrogen and oxygen atoms in total. The van der Waals surface area contributed by atoms with E-state index in [0.29, 0.717) is 18.7 Å². The fourth-order valence-corrected chi connectivity index (χ4v) is 3.01. The number of nitrogens with zero attached hydrogens (tertiary/aromatic N) is 2. The van der Waals surface area contributed by atoms with Gasteiger partial charge in [0.05, 0.1) is 0 Å². The standard InChI is InChI=1S/C13H13N3O2S/c1-16-11(17)3-2-9(13(16)18)15-12-8-5-7-19-10(8)4-6-14-12/h4-7,9H,2-3H2,1H3,(H,14,15). The van der Waals surface area contributed by atoms with Gasteiger partial charge in [-0.1, -0.05) is 0 Å². The van der Waals surface area contributed by atoms with Crippen LogP contribution in [0, 0.1) is 0 Å². The van der Waals surface area contributed by atoms with Gasteiger partial charge < -0.3 is 5.32 Å². The van der Waals surface area contributed by atoms with E-state index < -0.39 is 0 Å². The number of fused-ring (bicyclic) bond motifs is 1. The molecule has 2 amide bonds. The molecule has 1 N–H and O–H groups in total. The Hall–Kier alpha value is -1.95. The number of hydrogen-bond donors (Lipinski definition) is 1. The Balaban J connectivity index is 1.87. The molecule has 1 aliphatic rings. The number of piperidine rings is 1. The zero-order valence-electron chi connectivity index (χ0n) is 10.4. The Morgan fingerprint density at radius 1 is 1.42 bits per heavy atom. The molecule has 1 unspecified atom stereocenters. The van der Waals surface area contributed by atoms with Gasteiger partial charge in [-0.05, 0) is 23.9 Å². The molecule has 1 saturated heterocycles. The summed E-state index contributed by atoms with van der Waals surface area (Å²) < 4.78 is 1.13. The number of carbonyl (C=O) groups is 2. The number of anilines is 1. The van der Waals surface area contributed by atoms with Gasteiger partial charge in [0.1, 0.15) is 11.9 Å². The van der Waals surface area contributed by atoms with Crippen LogP contribution >= 0.6 is 11.3 Å². The molecule has 0 bridgehead atoms. The maximum atomic E-state index is 12.0. The topological polar surface area (TPSA) is 62.3 Å². The highest BCUT2D eigenvalue weighted by molar-refractivity contribution is 7.17. The van der Waals surface area contributed by atoms with Crippen LogP contribution < -0.4 is 5.32 Å². The minimum absolute atomic E-state index is 0.121. The van der Waals surface area contributed by atoms with E-state index in [1.807, 2.05) is 17.5 Å². The summed E-state index contributed by atoms with van der Waals surface area (Å²) in [6.45, 7) is 0. The molecule has 2 aromatic heterocycles. The first-order valence-electron chi connectivity index (χ1n) is 6.06. The molecular formula is C13H13N3O2S.